The summed E-state index contributed by atoms with van der Waals surface area (Å²) in [6.07, 6.45) is 0. The maximum Gasteiger partial charge on any atom is 0.251 e. The molecule has 0 aliphatic carbocycles. The molecule has 7 heteroatoms. The van der Waals surface area contributed by atoms with Gasteiger partial charge in [-0.05, 0) is 43.9 Å². The van der Waals surface area contributed by atoms with E-state index >= 15 is 0 Å². The number of amides is 1. The minimum Gasteiger partial charge on any atom is -0.350 e. The van der Waals surface area contributed by atoms with Gasteiger partial charge in [-0.15, -0.1) is 0 Å². The summed E-state index contributed by atoms with van der Waals surface area (Å²) in [7, 11) is 3.37. The van der Waals surface area contributed by atoms with E-state index in [4.69, 9.17) is 0 Å². The lowest BCUT2D eigenvalue weighted by Crippen LogP contribution is -2.34. The standard InChI is InChI=1S/C19H25N3O3S/c1-21(2)18(15-8-6-5-7-9-15)14-20-19(23)16-10-12-17(13-11-16)26(24,25)22(3)4/h5-13,18H,14H2,1-4H3,(H,20,23). The van der Waals surface area contributed by atoms with Gasteiger partial charge in [-0.2, -0.15) is 0 Å². The van der Waals surface area contributed by atoms with E-state index in [1.165, 1.54) is 38.4 Å². The molecule has 1 N–H and O–H groups in total. The van der Waals surface area contributed by atoms with E-state index in [-0.39, 0.29) is 16.8 Å². The number of rotatable bonds is 7. The van der Waals surface area contributed by atoms with Crippen LogP contribution in [0.2, 0.25) is 0 Å². The Balaban J connectivity index is 2.08. The molecule has 0 aliphatic heterocycles. The molecule has 0 bridgehead atoms. The minimum atomic E-state index is -3.50. The van der Waals surface area contributed by atoms with E-state index < -0.39 is 10.0 Å². The van der Waals surface area contributed by atoms with Gasteiger partial charge in [0.2, 0.25) is 10.0 Å². The summed E-state index contributed by atoms with van der Waals surface area (Å²) in [6, 6.07) is 15.9. The monoisotopic (exact) mass is 375 g/mol. The molecule has 1 atom stereocenters. The van der Waals surface area contributed by atoms with Crippen LogP contribution in [0.5, 0.6) is 0 Å². The van der Waals surface area contributed by atoms with Gasteiger partial charge in [0.1, 0.15) is 0 Å². The van der Waals surface area contributed by atoms with Gasteiger partial charge >= 0.3 is 0 Å². The molecule has 26 heavy (non-hydrogen) atoms. The third kappa shape index (κ3) is 4.69. The molecule has 0 spiro atoms. The molecule has 0 aliphatic rings. The highest BCUT2D eigenvalue weighted by atomic mass is 32.2. The second-order valence-electron chi connectivity index (χ2n) is 6.41. The lowest BCUT2D eigenvalue weighted by atomic mass is 10.1. The number of carbonyl (C=O) groups is 1. The summed E-state index contributed by atoms with van der Waals surface area (Å²) in [6.45, 7) is 0.452. The average Bonchev–Trinajstić information content (AvgIpc) is 2.62. The fourth-order valence-corrected chi connectivity index (χ4v) is 3.46. The lowest BCUT2D eigenvalue weighted by molar-refractivity contribution is 0.0942. The molecule has 2 rings (SSSR count). The highest BCUT2D eigenvalue weighted by Gasteiger charge is 2.18. The van der Waals surface area contributed by atoms with Crippen LogP contribution in [0.4, 0.5) is 0 Å². The second kappa shape index (κ2) is 8.44. The van der Waals surface area contributed by atoms with E-state index in [1.807, 2.05) is 49.3 Å². The van der Waals surface area contributed by atoms with Crippen LogP contribution >= 0.6 is 0 Å². The van der Waals surface area contributed by atoms with Crippen LogP contribution in [0.15, 0.2) is 59.5 Å². The molecular formula is C19H25N3O3S. The molecule has 0 radical (unpaired) electrons. The molecule has 140 valence electrons. The van der Waals surface area contributed by atoms with Crippen LogP contribution in [0.3, 0.4) is 0 Å². The van der Waals surface area contributed by atoms with Gasteiger partial charge in [0, 0.05) is 26.2 Å². The quantitative estimate of drug-likeness (QED) is 0.803. The molecular weight excluding hydrogens is 350 g/mol. The fraction of sp³-hybridized carbons (Fsp3) is 0.316. The van der Waals surface area contributed by atoms with Crippen molar-refractivity contribution in [1.82, 2.24) is 14.5 Å². The predicted octanol–water partition coefficient (Wildman–Crippen LogP) is 1.97. The summed E-state index contributed by atoms with van der Waals surface area (Å²) in [4.78, 5) is 14.6. The van der Waals surface area contributed by atoms with E-state index in [0.717, 1.165) is 9.87 Å². The van der Waals surface area contributed by atoms with Gasteiger partial charge < -0.3 is 10.2 Å². The Morgan fingerprint density at radius 2 is 1.54 bits per heavy atom. The molecule has 2 aromatic carbocycles. The first-order chi connectivity index (χ1) is 12.2. The summed E-state index contributed by atoms with van der Waals surface area (Å²) >= 11 is 0. The van der Waals surface area contributed by atoms with Crippen molar-refractivity contribution < 1.29 is 13.2 Å². The maximum atomic E-state index is 12.4. The molecule has 1 unspecified atom stereocenters. The number of likely N-dealkylation sites (N-methyl/N-ethyl adjacent to an activating group) is 1. The van der Waals surface area contributed by atoms with E-state index in [0.29, 0.717) is 12.1 Å². The number of carbonyl (C=O) groups excluding carboxylic acids is 1. The second-order valence-corrected chi connectivity index (χ2v) is 8.56. The zero-order valence-electron chi connectivity index (χ0n) is 15.5. The van der Waals surface area contributed by atoms with Gasteiger partial charge in [-0.25, -0.2) is 12.7 Å². The Bertz CT molecular complexity index is 832. The van der Waals surface area contributed by atoms with Crippen LogP contribution in [0, 0.1) is 0 Å². The lowest BCUT2D eigenvalue weighted by Gasteiger charge is -2.25. The van der Waals surface area contributed by atoms with Crippen LogP contribution in [-0.2, 0) is 10.0 Å². The zero-order valence-corrected chi connectivity index (χ0v) is 16.3. The third-order valence-corrected chi connectivity index (χ3v) is 5.99. The first kappa shape index (κ1) is 20.1. The Hall–Kier alpha value is -2.22. The van der Waals surface area contributed by atoms with Crippen LogP contribution in [0.25, 0.3) is 0 Å². The van der Waals surface area contributed by atoms with Crippen molar-refractivity contribution >= 4 is 15.9 Å². The molecule has 2 aromatic rings. The Labute approximate surface area is 155 Å². The maximum absolute atomic E-state index is 12.4. The normalized spacial score (nSPS) is 13.0. The van der Waals surface area contributed by atoms with Crippen molar-refractivity contribution in [3.05, 3.63) is 65.7 Å². The molecule has 0 saturated heterocycles. The van der Waals surface area contributed by atoms with Gasteiger partial charge in [0.25, 0.3) is 5.91 Å². The summed E-state index contributed by atoms with van der Waals surface area (Å²) in [5.74, 6) is -0.235. The molecule has 0 aromatic heterocycles. The van der Waals surface area contributed by atoms with Gasteiger partial charge in [-0.1, -0.05) is 30.3 Å². The largest absolute Gasteiger partial charge is 0.350 e. The van der Waals surface area contributed by atoms with Crippen molar-refractivity contribution in [2.75, 3.05) is 34.7 Å². The van der Waals surface area contributed by atoms with Crippen LogP contribution < -0.4 is 5.32 Å². The number of nitrogens with one attached hydrogen (secondary N) is 1. The Kier molecular flexibility index (Phi) is 6.52. The van der Waals surface area contributed by atoms with Crippen molar-refractivity contribution in [1.29, 1.82) is 0 Å². The van der Waals surface area contributed by atoms with Crippen molar-refractivity contribution in [2.45, 2.75) is 10.9 Å². The first-order valence-electron chi connectivity index (χ1n) is 8.25. The molecule has 0 heterocycles. The summed E-state index contributed by atoms with van der Waals surface area (Å²) < 4.78 is 25.3. The zero-order chi connectivity index (χ0) is 19.3. The Morgan fingerprint density at radius 3 is 2.04 bits per heavy atom. The smallest absolute Gasteiger partial charge is 0.251 e. The van der Waals surface area contributed by atoms with Gasteiger partial charge in [0.05, 0.1) is 10.9 Å². The van der Waals surface area contributed by atoms with Gasteiger partial charge in [0.15, 0.2) is 0 Å². The number of hydrogen-bond acceptors (Lipinski definition) is 4. The first-order valence-corrected chi connectivity index (χ1v) is 9.69. The molecule has 1 amide bonds. The van der Waals surface area contributed by atoms with Gasteiger partial charge in [-0.3, -0.25) is 4.79 Å². The van der Waals surface area contributed by atoms with Crippen molar-refractivity contribution in [3.63, 3.8) is 0 Å². The fourth-order valence-electron chi connectivity index (χ4n) is 2.55. The van der Waals surface area contributed by atoms with Crippen LogP contribution in [0.1, 0.15) is 22.0 Å². The third-order valence-electron chi connectivity index (χ3n) is 4.16. The van der Waals surface area contributed by atoms with E-state index in [1.54, 1.807) is 0 Å². The topological polar surface area (TPSA) is 69.7 Å². The van der Waals surface area contributed by atoms with Crippen molar-refractivity contribution in [3.8, 4) is 0 Å². The summed E-state index contributed by atoms with van der Waals surface area (Å²) in [5, 5.41) is 2.92. The number of sulfonamides is 1. The highest BCUT2D eigenvalue weighted by molar-refractivity contribution is 7.89. The Morgan fingerprint density at radius 1 is 0.962 bits per heavy atom. The minimum absolute atomic E-state index is 0.0496. The molecule has 6 nitrogen and oxygen atoms in total. The average molecular weight is 375 g/mol. The predicted molar refractivity (Wildman–Crippen MR) is 103 cm³/mol. The summed E-state index contributed by atoms with van der Waals surface area (Å²) in [5.41, 5.74) is 1.54. The number of nitrogens with zero attached hydrogens (tertiary/aromatic N) is 2. The molecule has 0 saturated carbocycles. The van der Waals surface area contributed by atoms with E-state index in [2.05, 4.69) is 5.32 Å². The van der Waals surface area contributed by atoms with E-state index in [9.17, 15) is 13.2 Å². The number of benzene rings is 2. The van der Waals surface area contributed by atoms with Crippen LogP contribution in [-0.4, -0.2) is 58.3 Å². The molecule has 0 fully saturated rings. The van der Waals surface area contributed by atoms with Crippen molar-refractivity contribution in [2.24, 2.45) is 0 Å². The number of hydrogen-bond donors (Lipinski definition) is 1. The SMILES string of the molecule is CN(C)C(CNC(=O)c1ccc(S(=O)(=O)N(C)C)cc1)c1ccccc1. The highest BCUT2D eigenvalue weighted by Crippen LogP contribution is 2.17.